The molecule has 0 aliphatic heterocycles. The molecule has 0 fully saturated rings. The minimum atomic E-state index is -0.796. The molecule has 1 heterocycles. The quantitative estimate of drug-likeness (QED) is 0.932. The maximum Gasteiger partial charge on any atom is 0.164 e. The van der Waals surface area contributed by atoms with Gasteiger partial charge in [0.2, 0.25) is 0 Å². The molecule has 1 unspecified atom stereocenters. The third kappa shape index (κ3) is 2.45. The normalized spacial score (nSPS) is 12.7. The molecule has 1 atom stereocenters. The van der Waals surface area contributed by atoms with Crippen LogP contribution >= 0.6 is 0 Å². The molecule has 108 valence electrons. The third-order valence-electron chi connectivity index (χ3n) is 3.49. The summed E-state index contributed by atoms with van der Waals surface area (Å²) in [6, 6.07) is 2.82. The minimum Gasteiger partial charge on any atom is -0.309 e. The fourth-order valence-electron chi connectivity index (χ4n) is 2.43. The molecule has 0 bridgehead atoms. The molecule has 2 aromatic rings. The number of halogens is 2. The van der Waals surface area contributed by atoms with Crippen LogP contribution in [0.15, 0.2) is 18.3 Å². The second-order valence-corrected chi connectivity index (χ2v) is 4.88. The zero-order valence-electron chi connectivity index (χ0n) is 12.2. The molecule has 0 aliphatic rings. The molecule has 0 saturated heterocycles. The molecule has 0 spiro atoms. The molecular formula is C15H19F2N3. The number of aromatic nitrogens is 2. The Hall–Kier alpha value is -1.75. The highest BCUT2D eigenvalue weighted by Gasteiger charge is 2.23. The van der Waals surface area contributed by atoms with E-state index >= 15 is 0 Å². The van der Waals surface area contributed by atoms with E-state index in [2.05, 4.69) is 10.4 Å². The largest absolute Gasteiger partial charge is 0.309 e. The second kappa shape index (κ2) is 5.71. The predicted octanol–water partition coefficient (Wildman–Crippen LogP) is 2.88. The summed E-state index contributed by atoms with van der Waals surface area (Å²) in [4.78, 5) is 0. The molecule has 1 aromatic carbocycles. The van der Waals surface area contributed by atoms with Gasteiger partial charge in [-0.25, -0.2) is 8.78 Å². The Labute approximate surface area is 117 Å². The van der Waals surface area contributed by atoms with Gasteiger partial charge in [-0.15, -0.1) is 0 Å². The Bertz CT molecular complexity index is 620. The Morgan fingerprint density at radius 2 is 1.95 bits per heavy atom. The van der Waals surface area contributed by atoms with Crippen LogP contribution in [0.1, 0.15) is 35.3 Å². The molecule has 5 heteroatoms. The zero-order valence-corrected chi connectivity index (χ0v) is 12.2. The van der Waals surface area contributed by atoms with Gasteiger partial charge in [0.05, 0.1) is 11.7 Å². The molecule has 0 amide bonds. The van der Waals surface area contributed by atoms with Gasteiger partial charge in [0.1, 0.15) is 0 Å². The number of aryl methyl sites for hydroxylation is 3. The highest BCUT2D eigenvalue weighted by Crippen LogP contribution is 2.28. The minimum absolute atomic E-state index is 0.304. The zero-order chi connectivity index (χ0) is 14.9. The summed E-state index contributed by atoms with van der Waals surface area (Å²) in [7, 11) is 3.55. The van der Waals surface area contributed by atoms with E-state index in [0.717, 1.165) is 17.7 Å². The summed E-state index contributed by atoms with van der Waals surface area (Å²) in [5.41, 5.74) is 2.37. The van der Waals surface area contributed by atoms with E-state index in [1.165, 1.54) is 0 Å². The van der Waals surface area contributed by atoms with Crippen molar-refractivity contribution in [3.8, 4) is 0 Å². The van der Waals surface area contributed by atoms with Crippen molar-refractivity contribution < 1.29 is 8.78 Å². The lowest BCUT2D eigenvalue weighted by atomic mass is 9.96. The summed E-state index contributed by atoms with van der Waals surface area (Å²) in [6.45, 7) is 3.54. The van der Waals surface area contributed by atoms with Gasteiger partial charge in [0.15, 0.2) is 11.6 Å². The molecule has 0 radical (unpaired) electrons. The van der Waals surface area contributed by atoms with Crippen molar-refractivity contribution in [3.05, 3.63) is 52.3 Å². The fourth-order valence-corrected chi connectivity index (χ4v) is 2.43. The molecule has 3 nitrogen and oxygen atoms in total. The standard InChI is InChI=1S/C15H19F2N3/c1-5-12-11(8-20(4)19-12)15(18-3)10-7-6-9(2)13(16)14(10)17/h6-8,15,18H,5H2,1-4H3. The van der Waals surface area contributed by atoms with E-state index < -0.39 is 17.7 Å². The second-order valence-electron chi connectivity index (χ2n) is 4.88. The van der Waals surface area contributed by atoms with Gasteiger partial charge in [-0.3, -0.25) is 4.68 Å². The molecular weight excluding hydrogens is 260 g/mol. The Morgan fingerprint density at radius 3 is 2.55 bits per heavy atom. The van der Waals surface area contributed by atoms with E-state index in [4.69, 9.17) is 0 Å². The SMILES string of the molecule is CCc1nn(C)cc1C(NC)c1ccc(C)c(F)c1F. The maximum absolute atomic E-state index is 14.2. The fraction of sp³-hybridized carbons (Fsp3) is 0.400. The molecule has 20 heavy (non-hydrogen) atoms. The van der Waals surface area contributed by atoms with E-state index in [0.29, 0.717) is 11.1 Å². The van der Waals surface area contributed by atoms with Crippen LogP contribution < -0.4 is 5.32 Å². The highest BCUT2D eigenvalue weighted by molar-refractivity contribution is 5.36. The van der Waals surface area contributed by atoms with Gasteiger partial charge in [-0.2, -0.15) is 5.10 Å². The van der Waals surface area contributed by atoms with E-state index in [-0.39, 0.29) is 0 Å². The van der Waals surface area contributed by atoms with Crippen LogP contribution in [0.5, 0.6) is 0 Å². The molecule has 0 aliphatic carbocycles. The van der Waals surface area contributed by atoms with Crippen LogP contribution in [0.25, 0.3) is 0 Å². The van der Waals surface area contributed by atoms with Crippen LogP contribution in [-0.2, 0) is 13.5 Å². The summed E-state index contributed by atoms with van der Waals surface area (Å²) >= 11 is 0. The highest BCUT2D eigenvalue weighted by atomic mass is 19.2. The van der Waals surface area contributed by atoms with Crippen LogP contribution in [0.3, 0.4) is 0 Å². The summed E-state index contributed by atoms with van der Waals surface area (Å²) in [5.74, 6) is -1.58. The number of hydrogen-bond acceptors (Lipinski definition) is 2. The van der Waals surface area contributed by atoms with Crippen molar-refractivity contribution in [1.29, 1.82) is 0 Å². The Kier molecular flexibility index (Phi) is 4.18. The first-order valence-electron chi connectivity index (χ1n) is 6.63. The summed E-state index contributed by atoms with van der Waals surface area (Å²) in [6.07, 6.45) is 2.58. The van der Waals surface area contributed by atoms with Gasteiger partial charge in [0.25, 0.3) is 0 Å². The van der Waals surface area contributed by atoms with Crippen LogP contribution in [0.4, 0.5) is 8.78 Å². The number of nitrogens with one attached hydrogen (secondary N) is 1. The first-order chi connectivity index (χ1) is 9.49. The van der Waals surface area contributed by atoms with Crippen molar-refractivity contribution in [2.24, 2.45) is 7.05 Å². The van der Waals surface area contributed by atoms with Crippen molar-refractivity contribution >= 4 is 0 Å². The Morgan fingerprint density at radius 1 is 1.25 bits per heavy atom. The lowest BCUT2D eigenvalue weighted by Crippen LogP contribution is -2.20. The van der Waals surface area contributed by atoms with Gasteiger partial charge < -0.3 is 5.32 Å². The van der Waals surface area contributed by atoms with E-state index in [1.807, 2.05) is 20.2 Å². The monoisotopic (exact) mass is 279 g/mol. The number of rotatable bonds is 4. The van der Waals surface area contributed by atoms with E-state index in [1.54, 1.807) is 30.8 Å². The van der Waals surface area contributed by atoms with Crippen molar-refractivity contribution in [2.75, 3.05) is 7.05 Å². The lowest BCUT2D eigenvalue weighted by Gasteiger charge is -2.18. The van der Waals surface area contributed by atoms with Gasteiger partial charge in [-0.05, 0) is 26.0 Å². The van der Waals surface area contributed by atoms with Crippen LogP contribution in [0.2, 0.25) is 0 Å². The van der Waals surface area contributed by atoms with Crippen molar-refractivity contribution in [1.82, 2.24) is 15.1 Å². The number of benzene rings is 1. The van der Waals surface area contributed by atoms with Gasteiger partial charge >= 0.3 is 0 Å². The molecule has 1 N–H and O–H groups in total. The van der Waals surface area contributed by atoms with E-state index in [9.17, 15) is 8.78 Å². The predicted molar refractivity (Wildman–Crippen MR) is 74.6 cm³/mol. The smallest absolute Gasteiger partial charge is 0.164 e. The van der Waals surface area contributed by atoms with Gasteiger partial charge in [-0.1, -0.05) is 19.1 Å². The average Bonchev–Trinajstić information content (AvgIpc) is 2.80. The van der Waals surface area contributed by atoms with Crippen molar-refractivity contribution in [3.63, 3.8) is 0 Å². The molecule has 1 aromatic heterocycles. The molecule has 0 saturated carbocycles. The topological polar surface area (TPSA) is 29.9 Å². The summed E-state index contributed by atoms with van der Waals surface area (Å²) < 4.78 is 29.6. The first kappa shape index (κ1) is 14.7. The number of nitrogens with zero attached hydrogens (tertiary/aromatic N) is 2. The number of hydrogen-bond donors (Lipinski definition) is 1. The van der Waals surface area contributed by atoms with Crippen molar-refractivity contribution in [2.45, 2.75) is 26.3 Å². The summed E-state index contributed by atoms with van der Waals surface area (Å²) in [5, 5.41) is 7.40. The Balaban J connectivity index is 2.55. The van der Waals surface area contributed by atoms with Crippen LogP contribution in [-0.4, -0.2) is 16.8 Å². The lowest BCUT2D eigenvalue weighted by molar-refractivity contribution is 0.482. The third-order valence-corrected chi connectivity index (χ3v) is 3.49. The maximum atomic E-state index is 14.2. The van der Waals surface area contributed by atoms with Crippen LogP contribution in [0, 0.1) is 18.6 Å². The first-order valence-corrected chi connectivity index (χ1v) is 6.63. The average molecular weight is 279 g/mol. The molecule has 2 rings (SSSR count). The van der Waals surface area contributed by atoms with Gasteiger partial charge in [0, 0.05) is 24.4 Å².